The van der Waals surface area contributed by atoms with E-state index in [0.717, 1.165) is 22.6 Å². The molecule has 2 aromatic carbocycles. The summed E-state index contributed by atoms with van der Waals surface area (Å²) in [6.07, 6.45) is 0. The lowest BCUT2D eigenvalue weighted by Gasteiger charge is -2.03. The van der Waals surface area contributed by atoms with Crippen LogP contribution in [0.5, 0.6) is 0 Å². The van der Waals surface area contributed by atoms with E-state index >= 15 is 0 Å². The SMILES string of the molecule is Cc1ccc(SCC(=O)c2ccc(F)cc2F)cc1. The van der Waals surface area contributed by atoms with Crippen molar-refractivity contribution >= 4 is 17.5 Å². The van der Waals surface area contributed by atoms with E-state index in [2.05, 4.69) is 0 Å². The number of carbonyl (C=O) groups is 1. The third-order valence-corrected chi connectivity index (χ3v) is 3.63. The molecule has 2 aromatic rings. The average molecular weight is 278 g/mol. The summed E-state index contributed by atoms with van der Waals surface area (Å²) in [4.78, 5) is 12.8. The molecular weight excluding hydrogens is 266 g/mol. The van der Waals surface area contributed by atoms with Gasteiger partial charge in [-0.2, -0.15) is 0 Å². The van der Waals surface area contributed by atoms with E-state index in [1.54, 1.807) is 0 Å². The summed E-state index contributed by atoms with van der Waals surface area (Å²) < 4.78 is 26.2. The van der Waals surface area contributed by atoms with Crippen molar-refractivity contribution in [1.29, 1.82) is 0 Å². The Labute approximate surface area is 114 Å². The van der Waals surface area contributed by atoms with Crippen LogP contribution in [0.15, 0.2) is 47.4 Å². The Hall–Kier alpha value is -1.68. The van der Waals surface area contributed by atoms with Gasteiger partial charge in [0.05, 0.1) is 11.3 Å². The Morgan fingerprint density at radius 1 is 1.11 bits per heavy atom. The van der Waals surface area contributed by atoms with Crippen molar-refractivity contribution < 1.29 is 13.6 Å². The molecule has 0 aliphatic rings. The summed E-state index contributed by atoms with van der Waals surface area (Å²) >= 11 is 1.34. The first-order valence-electron chi connectivity index (χ1n) is 5.74. The number of aryl methyl sites for hydroxylation is 1. The van der Waals surface area contributed by atoms with E-state index in [9.17, 15) is 13.6 Å². The fourth-order valence-corrected chi connectivity index (χ4v) is 2.36. The molecule has 0 spiro atoms. The molecule has 0 N–H and O–H groups in total. The zero-order valence-corrected chi connectivity index (χ0v) is 11.1. The number of Topliss-reactive ketones (excluding diaryl/α,β-unsaturated/α-hetero) is 1. The van der Waals surface area contributed by atoms with Crippen LogP contribution in [0.25, 0.3) is 0 Å². The number of carbonyl (C=O) groups excluding carboxylic acids is 1. The van der Waals surface area contributed by atoms with Crippen molar-refractivity contribution in [2.45, 2.75) is 11.8 Å². The van der Waals surface area contributed by atoms with Crippen LogP contribution in [0.4, 0.5) is 8.78 Å². The van der Waals surface area contributed by atoms with Gasteiger partial charge in [0.2, 0.25) is 0 Å². The summed E-state index contributed by atoms with van der Waals surface area (Å²) in [6.45, 7) is 1.98. The van der Waals surface area contributed by atoms with Crippen LogP contribution in [-0.4, -0.2) is 11.5 Å². The van der Waals surface area contributed by atoms with Crippen LogP contribution in [0, 0.1) is 18.6 Å². The van der Waals surface area contributed by atoms with Gasteiger partial charge in [-0.25, -0.2) is 8.78 Å². The van der Waals surface area contributed by atoms with Gasteiger partial charge < -0.3 is 0 Å². The number of rotatable bonds is 4. The first kappa shape index (κ1) is 13.7. The predicted octanol–water partition coefficient (Wildman–Crippen LogP) is 4.25. The second-order valence-corrected chi connectivity index (χ2v) is 5.20. The second-order valence-electron chi connectivity index (χ2n) is 4.15. The van der Waals surface area contributed by atoms with Crippen LogP contribution < -0.4 is 0 Å². The highest BCUT2D eigenvalue weighted by molar-refractivity contribution is 8.00. The first-order chi connectivity index (χ1) is 9.06. The van der Waals surface area contributed by atoms with Crippen molar-refractivity contribution in [1.82, 2.24) is 0 Å². The highest BCUT2D eigenvalue weighted by Crippen LogP contribution is 2.20. The van der Waals surface area contributed by atoms with E-state index in [4.69, 9.17) is 0 Å². The van der Waals surface area contributed by atoms with E-state index in [0.29, 0.717) is 0 Å². The normalized spacial score (nSPS) is 10.5. The molecule has 0 fully saturated rings. The van der Waals surface area contributed by atoms with Crippen molar-refractivity contribution in [2.24, 2.45) is 0 Å². The molecule has 0 unspecified atom stereocenters. The molecule has 0 aliphatic heterocycles. The van der Waals surface area contributed by atoms with Crippen LogP contribution in [0.3, 0.4) is 0 Å². The van der Waals surface area contributed by atoms with Gasteiger partial charge in [0.25, 0.3) is 0 Å². The standard InChI is InChI=1S/C15H12F2OS/c1-10-2-5-12(6-3-10)19-9-15(18)13-7-4-11(16)8-14(13)17/h2-8H,9H2,1H3. The molecule has 4 heteroatoms. The fraction of sp³-hybridized carbons (Fsp3) is 0.133. The van der Waals surface area contributed by atoms with Crippen molar-refractivity contribution in [2.75, 3.05) is 5.75 Å². The van der Waals surface area contributed by atoms with E-state index in [1.165, 1.54) is 17.8 Å². The van der Waals surface area contributed by atoms with Gasteiger partial charge >= 0.3 is 0 Å². The second kappa shape index (κ2) is 5.97. The summed E-state index contributed by atoms with van der Waals surface area (Å²) in [5, 5.41) is 0. The Kier molecular flexibility index (Phi) is 4.32. The molecule has 0 heterocycles. The maximum Gasteiger partial charge on any atom is 0.176 e. The van der Waals surface area contributed by atoms with Gasteiger partial charge in [0, 0.05) is 11.0 Å². The maximum absolute atomic E-state index is 13.4. The smallest absolute Gasteiger partial charge is 0.176 e. The van der Waals surface area contributed by atoms with Crippen LogP contribution >= 0.6 is 11.8 Å². The third kappa shape index (κ3) is 3.64. The molecule has 0 bridgehead atoms. The highest BCUT2D eigenvalue weighted by Gasteiger charge is 2.12. The lowest BCUT2D eigenvalue weighted by molar-refractivity contribution is 0.101. The Morgan fingerprint density at radius 3 is 2.42 bits per heavy atom. The molecule has 0 aliphatic carbocycles. The summed E-state index contributed by atoms with van der Waals surface area (Å²) in [5.41, 5.74) is 1.07. The first-order valence-corrected chi connectivity index (χ1v) is 6.72. The molecule has 0 atom stereocenters. The molecule has 0 aromatic heterocycles. The van der Waals surface area contributed by atoms with E-state index < -0.39 is 11.6 Å². The largest absolute Gasteiger partial charge is 0.293 e. The number of halogens is 2. The van der Waals surface area contributed by atoms with Gasteiger partial charge in [0.15, 0.2) is 5.78 Å². The number of benzene rings is 2. The summed E-state index contributed by atoms with van der Waals surface area (Å²) in [7, 11) is 0. The number of thioether (sulfide) groups is 1. The molecule has 0 radical (unpaired) electrons. The Morgan fingerprint density at radius 2 is 1.79 bits per heavy atom. The third-order valence-electron chi connectivity index (χ3n) is 2.62. The molecule has 19 heavy (non-hydrogen) atoms. The minimum Gasteiger partial charge on any atom is -0.293 e. The molecule has 98 valence electrons. The topological polar surface area (TPSA) is 17.1 Å². The zero-order valence-electron chi connectivity index (χ0n) is 10.3. The van der Waals surface area contributed by atoms with Crippen molar-refractivity contribution in [3.63, 3.8) is 0 Å². The fourth-order valence-electron chi connectivity index (χ4n) is 1.58. The lowest BCUT2D eigenvalue weighted by atomic mass is 10.1. The number of hydrogen-bond donors (Lipinski definition) is 0. The maximum atomic E-state index is 13.4. The molecule has 2 rings (SSSR count). The number of hydrogen-bond acceptors (Lipinski definition) is 2. The Bertz CT molecular complexity index is 594. The van der Waals surface area contributed by atoms with Gasteiger partial charge in [-0.05, 0) is 31.2 Å². The molecule has 0 saturated heterocycles. The molecule has 0 saturated carbocycles. The van der Waals surface area contributed by atoms with Gasteiger partial charge in [-0.15, -0.1) is 11.8 Å². The number of ketones is 1. The zero-order chi connectivity index (χ0) is 13.8. The minimum absolute atomic E-state index is 0.0685. The van der Waals surface area contributed by atoms with Crippen molar-refractivity contribution in [3.8, 4) is 0 Å². The van der Waals surface area contributed by atoms with Crippen LogP contribution in [-0.2, 0) is 0 Å². The predicted molar refractivity (Wildman–Crippen MR) is 72.6 cm³/mol. The van der Waals surface area contributed by atoms with Crippen LogP contribution in [0.1, 0.15) is 15.9 Å². The average Bonchev–Trinajstić information content (AvgIpc) is 2.37. The Balaban J connectivity index is 2.03. The van der Waals surface area contributed by atoms with E-state index in [-0.39, 0.29) is 17.1 Å². The molecule has 1 nitrogen and oxygen atoms in total. The minimum atomic E-state index is -0.811. The lowest BCUT2D eigenvalue weighted by Crippen LogP contribution is -2.05. The van der Waals surface area contributed by atoms with Crippen molar-refractivity contribution in [3.05, 3.63) is 65.2 Å². The van der Waals surface area contributed by atoms with Gasteiger partial charge in [-0.1, -0.05) is 17.7 Å². The monoisotopic (exact) mass is 278 g/mol. The highest BCUT2D eigenvalue weighted by atomic mass is 32.2. The molecular formula is C15H12F2OS. The van der Waals surface area contributed by atoms with Crippen LogP contribution in [0.2, 0.25) is 0 Å². The van der Waals surface area contributed by atoms with E-state index in [1.807, 2.05) is 31.2 Å². The summed E-state index contributed by atoms with van der Waals surface area (Å²) in [5.74, 6) is -1.70. The van der Waals surface area contributed by atoms with Gasteiger partial charge in [0.1, 0.15) is 11.6 Å². The quantitative estimate of drug-likeness (QED) is 0.614. The molecule has 0 amide bonds. The summed E-state index contributed by atoms with van der Waals surface area (Å²) in [6, 6.07) is 10.7. The van der Waals surface area contributed by atoms with Gasteiger partial charge in [-0.3, -0.25) is 4.79 Å².